The number of amides is 2. The molecule has 0 radical (unpaired) electrons. The van der Waals surface area contributed by atoms with E-state index in [1.165, 1.54) is 17.4 Å². The van der Waals surface area contributed by atoms with Crippen molar-refractivity contribution in [2.24, 2.45) is 0 Å². The molecule has 2 amide bonds. The van der Waals surface area contributed by atoms with Crippen molar-refractivity contribution in [3.8, 4) is 0 Å². The van der Waals surface area contributed by atoms with E-state index in [0.29, 0.717) is 37.3 Å². The molecule has 1 aliphatic rings. The number of nitrogens with one attached hydrogen (secondary N) is 2. The maximum Gasteiger partial charge on any atom is 0.404 e. The lowest BCUT2D eigenvalue weighted by Crippen LogP contribution is -2.37. The Hall–Kier alpha value is -3.27. The van der Waals surface area contributed by atoms with Crippen LogP contribution in [0.3, 0.4) is 0 Å². The van der Waals surface area contributed by atoms with Crippen LogP contribution in [0.5, 0.6) is 0 Å². The number of fused-ring (bicyclic) bond motifs is 1. The van der Waals surface area contributed by atoms with Gasteiger partial charge in [-0.1, -0.05) is 0 Å². The highest BCUT2D eigenvalue weighted by atomic mass is 32.1. The molecule has 0 aromatic carbocycles. The van der Waals surface area contributed by atoms with E-state index in [0.717, 1.165) is 21.3 Å². The van der Waals surface area contributed by atoms with E-state index in [1.54, 1.807) is 17.3 Å². The third-order valence-corrected chi connectivity index (χ3v) is 5.74. The number of anilines is 1. The zero-order valence-corrected chi connectivity index (χ0v) is 16.1. The molecule has 0 aliphatic carbocycles. The van der Waals surface area contributed by atoms with Gasteiger partial charge in [0, 0.05) is 42.1 Å². The van der Waals surface area contributed by atoms with Crippen LogP contribution in [0.4, 0.5) is 14.2 Å². The van der Waals surface area contributed by atoms with E-state index in [1.807, 2.05) is 12.1 Å². The van der Waals surface area contributed by atoms with Crippen LogP contribution < -0.4 is 10.6 Å². The summed E-state index contributed by atoms with van der Waals surface area (Å²) in [5, 5.41) is 16.1. The Morgan fingerprint density at radius 2 is 2.21 bits per heavy atom. The molecule has 0 spiro atoms. The predicted molar refractivity (Wildman–Crippen MR) is 107 cm³/mol. The van der Waals surface area contributed by atoms with Gasteiger partial charge in [0.1, 0.15) is 11.5 Å². The Kier molecular flexibility index (Phi) is 5.26. The second kappa shape index (κ2) is 8.00. The third-order valence-electron chi connectivity index (χ3n) is 4.68. The summed E-state index contributed by atoms with van der Waals surface area (Å²) in [6, 6.07) is 4.84. The molecule has 0 saturated carbocycles. The Bertz CT molecular complexity index is 1070. The molecule has 3 N–H and O–H groups in total. The van der Waals surface area contributed by atoms with E-state index >= 15 is 0 Å². The van der Waals surface area contributed by atoms with Crippen molar-refractivity contribution in [1.29, 1.82) is 0 Å². The molecule has 1 saturated heterocycles. The molecule has 29 heavy (non-hydrogen) atoms. The average Bonchev–Trinajstić information content (AvgIpc) is 3.31. The highest BCUT2D eigenvalue weighted by Gasteiger charge is 2.29. The fraction of sp³-hybridized carbons (Fsp3) is 0.263. The van der Waals surface area contributed by atoms with Crippen molar-refractivity contribution in [2.45, 2.75) is 19.0 Å². The number of pyridine rings is 2. The molecule has 150 valence electrons. The minimum absolute atomic E-state index is 0.219. The SMILES string of the molecule is O=C(O)N[C@@H]1CCN(C(=O)c2nccc3sc(NCc4cncc(F)c4)cc23)C1. The first-order valence-electron chi connectivity index (χ1n) is 9.00. The molecule has 1 aliphatic heterocycles. The summed E-state index contributed by atoms with van der Waals surface area (Å²) in [5.41, 5.74) is 1.06. The van der Waals surface area contributed by atoms with Gasteiger partial charge >= 0.3 is 6.09 Å². The highest BCUT2D eigenvalue weighted by Crippen LogP contribution is 2.32. The van der Waals surface area contributed by atoms with Crippen LogP contribution in [0.2, 0.25) is 0 Å². The minimum Gasteiger partial charge on any atom is -0.465 e. The van der Waals surface area contributed by atoms with Crippen LogP contribution in [0, 0.1) is 5.82 Å². The molecule has 4 rings (SSSR count). The van der Waals surface area contributed by atoms with Crippen molar-refractivity contribution >= 4 is 38.4 Å². The second-order valence-corrected chi connectivity index (χ2v) is 7.82. The monoisotopic (exact) mass is 415 g/mol. The predicted octanol–water partition coefficient (Wildman–Crippen LogP) is 2.92. The van der Waals surface area contributed by atoms with Crippen molar-refractivity contribution in [3.05, 3.63) is 53.9 Å². The van der Waals surface area contributed by atoms with Crippen molar-refractivity contribution in [3.63, 3.8) is 0 Å². The minimum atomic E-state index is -1.09. The van der Waals surface area contributed by atoms with Crippen LogP contribution in [-0.2, 0) is 6.54 Å². The Balaban J connectivity index is 1.50. The summed E-state index contributed by atoms with van der Waals surface area (Å²) in [7, 11) is 0. The number of rotatable bonds is 5. The summed E-state index contributed by atoms with van der Waals surface area (Å²) < 4.78 is 14.2. The number of halogens is 1. The molecule has 0 unspecified atom stereocenters. The van der Waals surface area contributed by atoms with Crippen molar-refractivity contribution < 1.29 is 19.1 Å². The lowest BCUT2D eigenvalue weighted by atomic mass is 10.2. The number of aromatic nitrogens is 2. The first-order chi connectivity index (χ1) is 14.0. The van der Waals surface area contributed by atoms with Crippen LogP contribution in [0.25, 0.3) is 10.1 Å². The van der Waals surface area contributed by atoms with E-state index < -0.39 is 6.09 Å². The molecule has 4 heterocycles. The topological polar surface area (TPSA) is 107 Å². The van der Waals surface area contributed by atoms with Gasteiger partial charge in [-0.15, -0.1) is 11.3 Å². The summed E-state index contributed by atoms with van der Waals surface area (Å²) in [6.07, 6.45) is 3.82. The molecular weight excluding hydrogens is 397 g/mol. The number of carbonyl (C=O) groups is 2. The molecule has 10 heteroatoms. The highest BCUT2D eigenvalue weighted by molar-refractivity contribution is 7.22. The van der Waals surface area contributed by atoms with Gasteiger partial charge in [0.05, 0.1) is 17.2 Å². The average molecular weight is 415 g/mol. The van der Waals surface area contributed by atoms with Crippen LogP contribution in [0.1, 0.15) is 22.5 Å². The molecule has 0 bridgehead atoms. The fourth-order valence-corrected chi connectivity index (χ4v) is 4.30. The lowest BCUT2D eigenvalue weighted by molar-refractivity contribution is 0.0785. The van der Waals surface area contributed by atoms with E-state index in [4.69, 9.17) is 5.11 Å². The molecule has 3 aromatic heterocycles. The van der Waals surface area contributed by atoms with E-state index in [9.17, 15) is 14.0 Å². The third kappa shape index (κ3) is 4.27. The number of hydrogen-bond donors (Lipinski definition) is 3. The zero-order chi connectivity index (χ0) is 20.4. The van der Waals surface area contributed by atoms with Gasteiger partial charge < -0.3 is 20.6 Å². The summed E-state index contributed by atoms with van der Waals surface area (Å²) in [4.78, 5) is 33.5. The molecular formula is C19H18FN5O3S. The first kappa shape index (κ1) is 19.1. The van der Waals surface area contributed by atoms with Gasteiger partial charge in [-0.25, -0.2) is 9.18 Å². The number of hydrogen-bond acceptors (Lipinski definition) is 6. The number of carbonyl (C=O) groups excluding carboxylic acids is 1. The number of carboxylic acid groups (broad SMARTS) is 1. The standard InChI is InChI=1S/C19H18FN5O3S/c20-12-5-11(7-21-9-12)8-23-16-6-14-15(29-16)1-3-22-17(14)18(26)25-4-2-13(10-25)24-19(27)28/h1,3,5-7,9,13,23-24H,2,4,8,10H2,(H,27,28)/t13-/m1/s1. The van der Waals surface area contributed by atoms with Gasteiger partial charge in [-0.2, -0.15) is 0 Å². The lowest BCUT2D eigenvalue weighted by Gasteiger charge is -2.16. The number of nitrogens with zero attached hydrogens (tertiary/aromatic N) is 3. The Morgan fingerprint density at radius 1 is 1.34 bits per heavy atom. The van der Waals surface area contributed by atoms with Gasteiger partial charge in [-0.05, 0) is 30.2 Å². The number of thiophene rings is 1. The fourth-order valence-electron chi connectivity index (χ4n) is 3.35. The maximum absolute atomic E-state index is 13.3. The van der Waals surface area contributed by atoms with Crippen molar-refractivity contribution in [2.75, 3.05) is 18.4 Å². The Labute approximate surface area is 169 Å². The molecule has 3 aromatic rings. The van der Waals surface area contributed by atoms with Crippen LogP contribution in [-0.4, -0.2) is 51.1 Å². The molecule has 1 fully saturated rings. The van der Waals surface area contributed by atoms with Gasteiger partial charge in [0.15, 0.2) is 0 Å². The van der Waals surface area contributed by atoms with Crippen molar-refractivity contribution in [1.82, 2.24) is 20.2 Å². The first-order valence-corrected chi connectivity index (χ1v) is 9.82. The van der Waals surface area contributed by atoms with E-state index in [-0.39, 0.29) is 17.8 Å². The van der Waals surface area contributed by atoms with Crippen LogP contribution in [0.15, 0.2) is 36.8 Å². The van der Waals surface area contributed by atoms with Gasteiger partial charge in [0.2, 0.25) is 0 Å². The molecule has 1 atom stereocenters. The van der Waals surface area contributed by atoms with Gasteiger partial charge in [0.25, 0.3) is 5.91 Å². The zero-order valence-electron chi connectivity index (χ0n) is 15.3. The number of likely N-dealkylation sites (tertiary alicyclic amines) is 1. The Morgan fingerprint density at radius 3 is 3.00 bits per heavy atom. The summed E-state index contributed by atoms with van der Waals surface area (Å²) in [5.74, 6) is -0.608. The summed E-state index contributed by atoms with van der Waals surface area (Å²) in [6.45, 7) is 1.21. The second-order valence-electron chi connectivity index (χ2n) is 6.73. The maximum atomic E-state index is 13.3. The smallest absolute Gasteiger partial charge is 0.404 e. The largest absolute Gasteiger partial charge is 0.465 e. The van der Waals surface area contributed by atoms with E-state index in [2.05, 4.69) is 20.6 Å². The summed E-state index contributed by atoms with van der Waals surface area (Å²) >= 11 is 1.48. The normalized spacial score (nSPS) is 16.2. The van der Waals surface area contributed by atoms with Gasteiger partial charge in [-0.3, -0.25) is 14.8 Å². The molecule has 8 nitrogen and oxygen atoms in total. The van der Waals surface area contributed by atoms with Crippen LogP contribution >= 0.6 is 11.3 Å². The quantitative estimate of drug-likeness (QED) is 0.591.